The number of hydrogen-bond donors (Lipinski definition) is 2. The number of nitrogens with zero attached hydrogens (tertiary/aromatic N) is 1. The van der Waals surface area contributed by atoms with Crippen LogP contribution >= 0.6 is 0 Å². The number of anilines is 1. The molecule has 8 heteroatoms. The first-order valence-corrected chi connectivity index (χ1v) is 10.6. The number of nitrogens with one attached hydrogen (secondary N) is 1. The van der Waals surface area contributed by atoms with Gasteiger partial charge in [-0.3, -0.25) is 4.79 Å². The molecule has 0 fully saturated rings. The lowest BCUT2D eigenvalue weighted by molar-refractivity contribution is -0.118. The highest BCUT2D eigenvalue weighted by Gasteiger charge is 2.12. The topological polar surface area (TPSA) is 97.8 Å². The first kappa shape index (κ1) is 23.4. The number of hydrogen-bond acceptors (Lipinski definition) is 5. The number of carboxylic acids is 1. The van der Waals surface area contributed by atoms with Crippen molar-refractivity contribution in [2.45, 2.75) is 0 Å². The second kappa shape index (κ2) is 10.5. The Balaban J connectivity index is 1.48. The standard InChI is InChI=1S/C27H21FN2O5/c1-34-25-14-17(10-12-18-15-20(27(32)33)19-6-2-4-8-22(19)29-18)11-13-24(25)35-16-26(31)30-23-9-5-3-7-21(23)28/h2-15H,16H2,1H3,(H,30,31)(H,32,33). The van der Waals surface area contributed by atoms with Crippen LogP contribution in [0.3, 0.4) is 0 Å². The zero-order chi connectivity index (χ0) is 24.8. The van der Waals surface area contributed by atoms with Crippen LogP contribution in [0, 0.1) is 5.82 Å². The van der Waals surface area contributed by atoms with E-state index in [0.29, 0.717) is 28.1 Å². The number of carboxylic acid groups (broad SMARTS) is 1. The Labute approximate surface area is 200 Å². The van der Waals surface area contributed by atoms with E-state index >= 15 is 0 Å². The van der Waals surface area contributed by atoms with Crippen LogP contribution in [0.4, 0.5) is 10.1 Å². The van der Waals surface area contributed by atoms with Crippen LogP contribution in [0.25, 0.3) is 23.1 Å². The number of methoxy groups -OCH3 is 1. The quantitative estimate of drug-likeness (QED) is 0.363. The Morgan fingerprint density at radius 3 is 2.54 bits per heavy atom. The van der Waals surface area contributed by atoms with Crippen molar-refractivity contribution >= 4 is 40.6 Å². The van der Waals surface area contributed by atoms with E-state index < -0.39 is 17.7 Å². The lowest BCUT2D eigenvalue weighted by Gasteiger charge is -2.12. The number of para-hydroxylation sites is 2. The van der Waals surface area contributed by atoms with E-state index in [0.717, 1.165) is 5.56 Å². The summed E-state index contributed by atoms with van der Waals surface area (Å²) in [6.07, 6.45) is 3.47. The smallest absolute Gasteiger partial charge is 0.336 e. The number of aromatic carboxylic acids is 1. The van der Waals surface area contributed by atoms with Crippen LogP contribution in [-0.4, -0.2) is 35.7 Å². The molecule has 4 aromatic rings. The molecule has 0 aliphatic carbocycles. The van der Waals surface area contributed by atoms with Gasteiger partial charge >= 0.3 is 5.97 Å². The Bertz CT molecular complexity index is 1430. The number of ether oxygens (including phenoxy) is 2. The molecule has 0 saturated carbocycles. The van der Waals surface area contributed by atoms with Crippen LogP contribution in [-0.2, 0) is 4.79 Å². The van der Waals surface area contributed by atoms with Crippen LogP contribution in [0.1, 0.15) is 21.6 Å². The summed E-state index contributed by atoms with van der Waals surface area (Å²) >= 11 is 0. The maximum Gasteiger partial charge on any atom is 0.336 e. The summed E-state index contributed by atoms with van der Waals surface area (Å²) < 4.78 is 24.6. The number of pyridine rings is 1. The highest BCUT2D eigenvalue weighted by molar-refractivity contribution is 6.03. The van der Waals surface area contributed by atoms with Crippen molar-refractivity contribution in [3.05, 3.63) is 95.4 Å². The number of benzene rings is 3. The highest BCUT2D eigenvalue weighted by Crippen LogP contribution is 2.29. The van der Waals surface area contributed by atoms with Gasteiger partial charge in [-0.2, -0.15) is 0 Å². The van der Waals surface area contributed by atoms with Gasteiger partial charge in [-0.15, -0.1) is 0 Å². The molecule has 2 N–H and O–H groups in total. The molecule has 35 heavy (non-hydrogen) atoms. The summed E-state index contributed by atoms with van der Waals surface area (Å²) in [6, 6.07) is 19.5. The summed E-state index contributed by atoms with van der Waals surface area (Å²) in [5.74, 6) is -1.35. The summed E-state index contributed by atoms with van der Waals surface area (Å²) in [5.41, 5.74) is 2.07. The van der Waals surface area contributed by atoms with Crippen molar-refractivity contribution < 1.29 is 28.6 Å². The van der Waals surface area contributed by atoms with Gasteiger partial charge in [0.2, 0.25) is 0 Å². The summed E-state index contributed by atoms with van der Waals surface area (Å²) in [6.45, 7) is -0.334. The van der Waals surface area contributed by atoms with Crippen molar-refractivity contribution in [3.8, 4) is 11.5 Å². The normalized spacial score (nSPS) is 10.9. The minimum absolute atomic E-state index is 0.0712. The first-order valence-electron chi connectivity index (χ1n) is 10.6. The highest BCUT2D eigenvalue weighted by atomic mass is 19.1. The number of carbonyl (C=O) groups is 2. The predicted molar refractivity (Wildman–Crippen MR) is 131 cm³/mol. The molecular formula is C27H21FN2O5. The van der Waals surface area contributed by atoms with Gasteiger partial charge in [0.05, 0.1) is 29.6 Å². The maximum atomic E-state index is 13.7. The van der Waals surface area contributed by atoms with E-state index in [9.17, 15) is 19.1 Å². The van der Waals surface area contributed by atoms with E-state index in [1.807, 2.05) is 0 Å². The number of aromatic nitrogens is 1. The third-order valence-corrected chi connectivity index (χ3v) is 5.11. The Kier molecular flexibility index (Phi) is 7.02. The summed E-state index contributed by atoms with van der Waals surface area (Å²) in [4.78, 5) is 28.3. The van der Waals surface area contributed by atoms with Crippen molar-refractivity contribution in [2.75, 3.05) is 19.0 Å². The fourth-order valence-corrected chi connectivity index (χ4v) is 3.44. The lowest BCUT2D eigenvalue weighted by Crippen LogP contribution is -2.20. The van der Waals surface area contributed by atoms with Crippen LogP contribution in [0.15, 0.2) is 72.8 Å². The van der Waals surface area contributed by atoms with Crippen LogP contribution in [0.5, 0.6) is 11.5 Å². The minimum atomic E-state index is -1.03. The summed E-state index contributed by atoms with van der Waals surface area (Å²) in [5, 5.41) is 12.6. The molecular weight excluding hydrogens is 451 g/mol. The van der Waals surface area contributed by atoms with Gasteiger partial charge in [0.25, 0.3) is 5.91 Å². The molecule has 0 atom stereocenters. The van der Waals surface area contributed by atoms with Gasteiger partial charge in [-0.1, -0.05) is 42.5 Å². The lowest BCUT2D eigenvalue weighted by atomic mass is 10.1. The number of fused-ring (bicyclic) bond motifs is 1. The Morgan fingerprint density at radius 1 is 1.00 bits per heavy atom. The average Bonchev–Trinajstić information content (AvgIpc) is 2.87. The number of amides is 1. The fourth-order valence-electron chi connectivity index (χ4n) is 3.44. The second-order valence-corrected chi connectivity index (χ2v) is 7.48. The molecule has 0 radical (unpaired) electrons. The van der Waals surface area contributed by atoms with Gasteiger partial charge in [0.1, 0.15) is 5.82 Å². The maximum absolute atomic E-state index is 13.7. The molecule has 0 aliphatic heterocycles. The molecule has 0 spiro atoms. The molecule has 3 aromatic carbocycles. The van der Waals surface area contributed by atoms with Crippen LogP contribution in [0.2, 0.25) is 0 Å². The Morgan fingerprint density at radius 2 is 1.77 bits per heavy atom. The molecule has 1 aromatic heterocycles. The minimum Gasteiger partial charge on any atom is -0.493 e. The molecule has 0 aliphatic rings. The van der Waals surface area contributed by atoms with E-state index in [4.69, 9.17) is 9.47 Å². The van der Waals surface area contributed by atoms with Gasteiger partial charge in [-0.25, -0.2) is 14.2 Å². The molecule has 0 bridgehead atoms. The molecule has 4 rings (SSSR count). The molecule has 1 amide bonds. The van der Waals surface area contributed by atoms with E-state index in [2.05, 4.69) is 10.3 Å². The monoisotopic (exact) mass is 472 g/mol. The molecule has 176 valence electrons. The third-order valence-electron chi connectivity index (χ3n) is 5.11. The van der Waals surface area contributed by atoms with Crippen LogP contribution < -0.4 is 14.8 Å². The van der Waals surface area contributed by atoms with E-state index in [1.165, 1.54) is 31.4 Å². The van der Waals surface area contributed by atoms with Crippen molar-refractivity contribution in [2.24, 2.45) is 0 Å². The Hall–Kier alpha value is -4.72. The first-order chi connectivity index (χ1) is 16.9. The third kappa shape index (κ3) is 5.62. The summed E-state index contributed by atoms with van der Waals surface area (Å²) in [7, 11) is 1.47. The van der Waals surface area contributed by atoms with E-state index in [-0.39, 0.29) is 17.9 Å². The molecule has 1 heterocycles. The zero-order valence-electron chi connectivity index (χ0n) is 18.7. The van der Waals surface area contributed by atoms with Crippen molar-refractivity contribution in [1.29, 1.82) is 0 Å². The average molecular weight is 472 g/mol. The van der Waals surface area contributed by atoms with Gasteiger partial charge < -0.3 is 19.9 Å². The van der Waals surface area contributed by atoms with E-state index in [1.54, 1.807) is 60.7 Å². The zero-order valence-corrected chi connectivity index (χ0v) is 18.7. The van der Waals surface area contributed by atoms with Crippen molar-refractivity contribution in [1.82, 2.24) is 4.98 Å². The van der Waals surface area contributed by atoms with Gasteiger partial charge in [0.15, 0.2) is 18.1 Å². The van der Waals surface area contributed by atoms with Gasteiger partial charge in [0, 0.05) is 5.39 Å². The number of carbonyl (C=O) groups excluding carboxylic acids is 1. The number of halogens is 1. The molecule has 0 unspecified atom stereocenters. The van der Waals surface area contributed by atoms with Crippen molar-refractivity contribution in [3.63, 3.8) is 0 Å². The predicted octanol–water partition coefficient (Wildman–Crippen LogP) is 5.27. The largest absolute Gasteiger partial charge is 0.493 e. The molecule has 0 saturated heterocycles. The number of rotatable bonds is 8. The molecule has 7 nitrogen and oxygen atoms in total. The SMILES string of the molecule is COc1cc(C=Cc2cc(C(=O)O)c3ccccc3n2)ccc1OCC(=O)Nc1ccccc1F. The second-order valence-electron chi connectivity index (χ2n) is 7.48. The van der Waals surface area contributed by atoms with Gasteiger partial charge in [-0.05, 0) is 48.0 Å². The fraction of sp³-hybridized carbons (Fsp3) is 0.0741.